The highest BCUT2D eigenvalue weighted by Crippen LogP contribution is 2.32. The summed E-state index contributed by atoms with van der Waals surface area (Å²) >= 11 is 0. The molecule has 0 bridgehead atoms. The van der Waals surface area contributed by atoms with Crippen LogP contribution in [0.4, 0.5) is 0 Å². The molecular weight excluding hydrogens is 721 g/mol. The SMILES string of the molecule is CC(CC(C)(C)[SiH2]O[SiH](O[Si](C)(C)C)O[Si](C)(C)C)OC(=O)C=CC(=O)OC(C)CC(C)(C)[SiH2]O[SiH](O[Si](C)(C)C)O[Si](C)(C)C. The molecule has 46 heavy (non-hydrogen) atoms. The Balaban J connectivity index is 4.89. The number of hydrogen-bond donors (Lipinski definition) is 0. The number of esters is 2. The summed E-state index contributed by atoms with van der Waals surface area (Å²) in [7, 11) is -13.7. The molecule has 0 spiro atoms. The first kappa shape index (κ1) is 46.2. The summed E-state index contributed by atoms with van der Waals surface area (Å²) in [5.41, 5.74) is 0. The van der Waals surface area contributed by atoms with Crippen LogP contribution < -0.4 is 0 Å². The smallest absolute Gasteiger partial charge is 0.452 e. The van der Waals surface area contributed by atoms with Crippen molar-refractivity contribution in [3.05, 3.63) is 12.2 Å². The first-order valence-electron chi connectivity index (χ1n) is 16.4. The Bertz CT molecular complexity index is 861. The highest BCUT2D eigenvalue weighted by atomic mass is 28.5. The van der Waals surface area contributed by atoms with E-state index in [1.165, 1.54) is 0 Å². The van der Waals surface area contributed by atoms with Gasteiger partial charge in [-0.05, 0) is 115 Å². The molecule has 0 aromatic heterocycles. The van der Waals surface area contributed by atoms with Crippen LogP contribution in [0.2, 0.25) is 88.6 Å². The highest BCUT2D eigenvalue weighted by Gasteiger charge is 2.34. The molecular formula is C28H68O10Si8. The van der Waals surface area contributed by atoms with E-state index in [0.29, 0.717) is 12.8 Å². The summed E-state index contributed by atoms with van der Waals surface area (Å²) in [6.45, 7) is 38.0. The van der Waals surface area contributed by atoms with Crippen molar-refractivity contribution >= 4 is 83.8 Å². The molecule has 0 fully saturated rings. The minimum Gasteiger partial charge on any atom is -0.460 e. The lowest BCUT2D eigenvalue weighted by Gasteiger charge is -2.33. The summed E-state index contributed by atoms with van der Waals surface area (Å²) in [5.74, 6) is -1.15. The maximum atomic E-state index is 12.5. The molecule has 0 aromatic carbocycles. The summed E-state index contributed by atoms with van der Waals surface area (Å²) in [6, 6.07) is 0. The standard InChI is InChI=1S/C28H68O10Si8/c1-23(21-27(3,4)39-33-41(35-43(7,8)9)36-44(10,11)12)31-25(29)19-20-26(30)32-24(2)22-28(5,6)40-34-42(37-45(13,14)15)38-46(16,17)18/h19-20,23-24,41-42H,21-22,39-40H2,1-18H3. The van der Waals surface area contributed by atoms with E-state index in [-0.39, 0.29) is 22.3 Å². The van der Waals surface area contributed by atoms with E-state index in [1.807, 2.05) is 13.8 Å². The maximum Gasteiger partial charge on any atom is 0.452 e. The van der Waals surface area contributed by atoms with Crippen LogP contribution in [-0.2, 0) is 43.8 Å². The van der Waals surface area contributed by atoms with Crippen molar-refractivity contribution in [2.75, 3.05) is 0 Å². The minimum absolute atomic E-state index is 0.140. The third-order valence-corrected chi connectivity index (χ3v) is 25.7. The predicted molar refractivity (Wildman–Crippen MR) is 209 cm³/mol. The van der Waals surface area contributed by atoms with Crippen LogP contribution in [0.3, 0.4) is 0 Å². The van der Waals surface area contributed by atoms with Gasteiger partial charge >= 0.3 is 31.0 Å². The molecule has 0 aliphatic rings. The van der Waals surface area contributed by atoms with Gasteiger partial charge in [0.25, 0.3) is 0 Å². The topological polar surface area (TPSA) is 108 Å². The minimum atomic E-state index is -2.23. The number of carbonyl (C=O) groups is 2. The van der Waals surface area contributed by atoms with Gasteiger partial charge in [0, 0.05) is 12.2 Å². The van der Waals surface area contributed by atoms with Gasteiger partial charge in [-0.25, -0.2) is 9.59 Å². The Morgan fingerprint density at radius 2 is 0.804 bits per heavy atom. The Morgan fingerprint density at radius 1 is 0.565 bits per heavy atom. The van der Waals surface area contributed by atoms with E-state index in [9.17, 15) is 9.59 Å². The molecule has 0 saturated carbocycles. The van der Waals surface area contributed by atoms with E-state index in [0.717, 1.165) is 12.2 Å². The van der Waals surface area contributed by atoms with Crippen LogP contribution >= 0.6 is 0 Å². The molecule has 10 nitrogen and oxygen atoms in total. The average Bonchev–Trinajstić information content (AvgIpc) is 2.75. The van der Waals surface area contributed by atoms with E-state index < -0.39 is 83.8 Å². The van der Waals surface area contributed by atoms with Gasteiger partial charge in [-0.2, -0.15) is 0 Å². The molecule has 0 amide bonds. The van der Waals surface area contributed by atoms with Crippen molar-refractivity contribution in [3.63, 3.8) is 0 Å². The predicted octanol–water partition coefficient (Wildman–Crippen LogP) is 5.62. The maximum absolute atomic E-state index is 12.5. The van der Waals surface area contributed by atoms with Crippen molar-refractivity contribution in [3.8, 4) is 0 Å². The summed E-state index contributed by atoms with van der Waals surface area (Å²) in [5, 5.41) is -0.281. The number of ether oxygens (including phenoxy) is 2. The summed E-state index contributed by atoms with van der Waals surface area (Å²) in [6.07, 6.45) is 2.86. The first-order valence-corrected chi connectivity index (χ1v) is 35.4. The molecule has 0 saturated heterocycles. The average molecular weight is 790 g/mol. The zero-order valence-corrected chi connectivity index (χ0v) is 41.5. The van der Waals surface area contributed by atoms with E-state index in [4.69, 9.17) is 34.2 Å². The van der Waals surface area contributed by atoms with Gasteiger partial charge in [0.1, 0.15) is 0 Å². The summed E-state index contributed by atoms with van der Waals surface area (Å²) < 4.78 is 49.1. The van der Waals surface area contributed by atoms with Gasteiger partial charge < -0.3 is 34.2 Å². The number of rotatable bonds is 22. The lowest BCUT2D eigenvalue weighted by molar-refractivity contribution is -0.145. The van der Waals surface area contributed by atoms with Crippen molar-refractivity contribution in [2.45, 2.75) is 155 Å². The second-order valence-corrected chi connectivity index (χ2v) is 46.6. The molecule has 0 heterocycles. The highest BCUT2D eigenvalue weighted by molar-refractivity contribution is 6.81. The molecule has 2 unspecified atom stereocenters. The van der Waals surface area contributed by atoms with Gasteiger partial charge in [-0.3, -0.25) is 0 Å². The molecule has 2 atom stereocenters. The van der Waals surface area contributed by atoms with Crippen molar-refractivity contribution in [1.82, 2.24) is 0 Å². The Morgan fingerprint density at radius 3 is 1.02 bits per heavy atom. The molecule has 18 heteroatoms. The fourth-order valence-electron chi connectivity index (χ4n) is 4.29. The second-order valence-electron chi connectivity index (χ2n) is 17.7. The van der Waals surface area contributed by atoms with Crippen LogP contribution in [0, 0.1) is 0 Å². The van der Waals surface area contributed by atoms with E-state index in [1.54, 1.807) is 0 Å². The summed E-state index contributed by atoms with van der Waals surface area (Å²) in [4.78, 5) is 25.0. The van der Waals surface area contributed by atoms with Gasteiger partial charge in [-0.1, -0.05) is 27.7 Å². The molecule has 0 aromatic rings. The molecule has 0 N–H and O–H groups in total. The zero-order valence-electron chi connectivity index (χ0n) is 32.4. The Kier molecular flexibility index (Phi) is 19.0. The molecule has 0 radical (unpaired) electrons. The molecule has 0 aliphatic carbocycles. The van der Waals surface area contributed by atoms with Crippen molar-refractivity contribution in [2.24, 2.45) is 0 Å². The van der Waals surface area contributed by atoms with Crippen molar-refractivity contribution in [1.29, 1.82) is 0 Å². The van der Waals surface area contributed by atoms with Crippen LogP contribution in [-0.4, -0.2) is 96.0 Å². The fourth-order valence-corrected chi connectivity index (χ4v) is 24.1. The first-order chi connectivity index (χ1) is 20.4. The Hall–Kier alpha value is 0.175. The monoisotopic (exact) mass is 788 g/mol. The van der Waals surface area contributed by atoms with E-state index >= 15 is 0 Å². The van der Waals surface area contributed by atoms with Crippen LogP contribution in [0.5, 0.6) is 0 Å². The zero-order chi connectivity index (χ0) is 36.4. The van der Waals surface area contributed by atoms with Gasteiger partial charge in [0.15, 0.2) is 52.8 Å². The largest absolute Gasteiger partial charge is 0.460 e. The lowest BCUT2D eigenvalue weighted by Crippen LogP contribution is -2.46. The molecule has 272 valence electrons. The molecule has 0 rings (SSSR count). The molecule has 0 aliphatic heterocycles. The lowest BCUT2D eigenvalue weighted by atomic mass is 10.1. The number of carbonyl (C=O) groups excluding carboxylic acids is 2. The normalized spacial score (nSPS) is 16.0. The van der Waals surface area contributed by atoms with Gasteiger partial charge in [0.2, 0.25) is 0 Å². The van der Waals surface area contributed by atoms with Crippen LogP contribution in [0.15, 0.2) is 12.2 Å². The second kappa shape index (κ2) is 19.0. The quantitative estimate of drug-likeness (QED) is 0.0780. The van der Waals surface area contributed by atoms with Crippen LogP contribution in [0.25, 0.3) is 0 Å². The van der Waals surface area contributed by atoms with Gasteiger partial charge in [-0.15, -0.1) is 0 Å². The Labute approximate surface area is 293 Å². The van der Waals surface area contributed by atoms with Crippen molar-refractivity contribution < 1.29 is 43.8 Å². The van der Waals surface area contributed by atoms with Gasteiger partial charge in [0.05, 0.1) is 12.2 Å². The van der Waals surface area contributed by atoms with Crippen LogP contribution in [0.1, 0.15) is 54.4 Å². The third kappa shape index (κ3) is 27.0. The van der Waals surface area contributed by atoms with E-state index in [2.05, 4.69) is 106 Å². The fraction of sp³-hybridized carbons (Fsp3) is 0.857. The third-order valence-electron chi connectivity index (χ3n) is 5.69. The number of hydrogen-bond acceptors (Lipinski definition) is 10.